The summed E-state index contributed by atoms with van der Waals surface area (Å²) in [6.45, 7) is 0. The van der Waals surface area contributed by atoms with E-state index in [-0.39, 0.29) is 24.1 Å². The van der Waals surface area contributed by atoms with Crippen LogP contribution in [-0.4, -0.2) is 76.6 Å². The van der Waals surface area contributed by atoms with E-state index in [1.807, 2.05) is 0 Å². The van der Waals surface area contributed by atoms with Crippen LogP contribution in [-0.2, 0) is 19.2 Å². The lowest BCUT2D eigenvalue weighted by molar-refractivity contribution is -0.392. The van der Waals surface area contributed by atoms with Gasteiger partial charge in [-0.15, -0.1) is 0 Å². The van der Waals surface area contributed by atoms with Gasteiger partial charge in [-0.2, -0.15) is 0 Å². The molecule has 2 aliphatic carbocycles. The number of imide groups is 2. The molecule has 1 saturated carbocycles. The Bertz CT molecular complexity index is 2400. The van der Waals surface area contributed by atoms with Gasteiger partial charge in [0.2, 0.25) is 23.6 Å². The van der Waals surface area contributed by atoms with Crippen molar-refractivity contribution in [3.8, 4) is 5.75 Å². The van der Waals surface area contributed by atoms with Crippen molar-refractivity contribution in [2.24, 2.45) is 29.6 Å². The minimum atomic E-state index is -1.35. The van der Waals surface area contributed by atoms with E-state index in [0.29, 0.717) is 15.4 Å². The average Bonchev–Trinajstić information content (AvgIpc) is 3.56. The normalized spacial score (nSPS) is 23.6. The van der Waals surface area contributed by atoms with Gasteiger partial charge in [-0.05, 0) is 36.5 Å². The number of nitro groups is 4. The maximum Gasteiger partial charge on any atom is 0.301 e. The summed E-state index contributed by atoms with van der Waals surface area (Å²) in [6.07, 6.45) is 1.17. The Balaban J connectivity index is 1.36. The number of carbonyl (C=O) groups is 4. The number of allylic oxidation sites excluding steroid dienone is 2. The summed E-state index contributed by atoms with van der Waals surface area (Å²) in [5, 5.41) is 58.6. The Hall–Kier alpha value is -7.39. The summed E-state index contributed by atoms with van der Waals surface area (Å²) >= 11 is 0. The number of nitrogens with zero attached hydrogens (tertiary/aromatic N) is 8. The molecule has 6 atom stereocenters. The lowest BCUT2D eigenvalue weighted by Crippen LogP contribution is -2.43. The van der Waals surface area contributed by atoms with E-state index in [9.17, 15) is 64.7 Å². The number of anilines is 4. The van der Waals surface area contributed by atoms with Gasteiger partial charge in [0.15, 0.2) is 22.9 Å². The molecule has 3 fully saturated rings. The number of aromatic hydroxyl groups is 1. The van der Waals surface area contributed by atoms with Crippen LogP contribution in [0.15, 0.2) is 54.1 Å². The molecule has 4 aliphatic rings. The van der Waals surface area contributed by atoms with E-state index in [1.165, 1.54) is 34.3 Å². The Kier molecular flexibility index (Phi) is 9.16. The number of amides is 4. The second-order valence-electron chi connectivity index (χ2n) is 14.7. The predicted molar refractivity (Wildman–Crippen MR) is 199 cm³/mol. The topological polar surface area (TPSA) is 274 Å². The third kappa shape index (κ3) is 5.73. The van der Waals surface area contributed by atoms with Crippen molar-refractivity contribution in [2.45, 2.75) is 18.8 Å². The number of phenolic OH excluding ortho intramolecular Hbond substituents is 1. The molecule has 0 unspecified atom stereocenters. The third-order valence-corrected chi connectivity index (χ3v) is 11.3. The highest BCUT2D eigenvalue weighted by molar-refractivity contribution is 6.24. The maximum atomic E-state index is 15.0. The Labute approximate surface area is 325 Å². The minimum absolute atomic E-state index is 0.0850. The molecule has 3 aromatic rings. The van der Waals surface area contributed by atoms with Gasteiger partial charge in [-0.25, -0.2) is 14.2 Å². The number of nitro benzene ring substituents is 4. The molecule has 22 heteroatoms. The SMILES string of the molecule is CN(C)c1c([N+](=O)[O-])cc(N2C(=O)[C@H]3[C@H](CC=C4[C@H]3C[C@H]3C(=O)N(c5cc([N+](=O)[O-])c(N(C)C)c([N+](=O)[O-])c5)C(=O)[C@H]3[C@H]4c3ccc(O)c(F)c3)C2=O)cc1[N+](=O)[O-]. The fraction of sp³-hybridized carbons (Fsp3) is 0.333. The number of hydrogen-bond donors (Lipinski definition) is 1. The summed E-state index contributed by atoms with van der Waals surface area (Å²) < 4.78 is 15.0. The molecule has 2 saturated heterocycles. The van der Waals surface area contributed by atoms with Crippen LogP contribution in [0.25, 0.3) is 0 Å². The molecular formula is C36H31FN8O13. The fourth-order valence-corrected chi connectivity index (χ4v) is 9.10. The average molecular weight is 803 g/mol. The number of benzene rings is 3. The van der Waals surface area contributed by atoms with Crippen LogP contribution in [0.2, 0.25) is 0 Å². The highest BCUT2D eigenvalue weighted by atomic mass is 19.1. The zero-order valence-electron chi connectivity index (χ0n) is 30.8. The van der Waals surface area contributed by atoms with Gasteiger partial charge in [0.25, 0.3) is 0 Å². The lowest BCUT2D eigenvalue weighted by Gasteiger charge is -2.44. The molecule has 0 aromatic heterocycles. The van der Waals surface area contributed by atoms with Gasteiger partial charge in [0, 0.05) is 58.4 Å². The van der Waals surface area contributed by atoms with Crippen molar-refractivity contribution in [3.05, 3.63) is 106 Å². The minimum Gasteiger partial charge on any atom is -0.505 e. The van der Waals surface area contributed by atoms with Crippen LogP contribution in [0.4, 0.5) is 49.9 Å². The largest absolute Gasteiger partial charge is 0.505 e. The van der Waals surface area contributed by atoms with Crippen LogP contribution in [0.3, 0.4) is 0 Å². The standard InChI is InChI=1S/C36H31FN8O13/c1-38(2)31-23(42(51)52)10-16(11-24(31)43(53)54)40-33(47)19-7-6-18-20(29(19)35(40)49)14-21-30(28(18)15-5-8-27(46)22(37)9-15)36(50)41(34(21)48)17-12-25(44(55)56)32(39(3)4)26(13-17)45(57)58/h5-6,8-13,19-21,28-30,46H,7,14H2,1-4H3/t19-,20+,21+,28-,29-,30+/m0/s1. The molecule has 2 aliphatic heterocycles. The summed E-state index contributed by atoms with van der Waals surface area (Å²) in [5.74, 6) is -12.8. The van der Waals surface area contributed by atoms with Gasteiger partial charge < -0.3 is 14.9 Å². The molecule has 2 heterocycles. The number of carbonyl (C=O) groups excluding carboxylic acids is 4. The number of phenols is 1. The molecular weight excluding hydrogens is 771 g/mol. The molecule has 3 aromatic carbocycles. The Morgan fingerprint density at radius 1 is 0.638 bits per heavy atom. The van der Waals surface area contributed by atoms with Crippen molar-refractivity contribution in [2.75, 3.05) is 47.8 Å². The van der Waals surface area contributed by atoms with Crippen LogP contribution in [0.5, 0.6) is 5.75 Å². The molecule has 0 spiro atoms. The van der Waals surface area contributed by atoms with Gasteiger partial charge >= 0.3 is 22.7 Å². The van der Waals surface area contributed by atoms with E-state index in [4.69, 9.17) is 0 Å². The van der Waals surface area contributed by atoms with Crippen LogP contribution in [0, 0.1) is 75.9 Å². The van der Waals surface area contributed by atoms with E-state index < -0.39 is 130 Å². The number of rotatable bonds is 9. The van der Waals surface area contributed by atoms with Gasteiger partial charge in [0.1, 0.15) is 0 Å². The monoisotopic (exact) mass is 802 g/mol. The van der Waals surface area contributed by atoms with Crippen LogP contribution >= 0.6 is 0 Å². The first-order chi connectivity index (χ1) is 27.3. The molecule has 7 rings (SSSR count). The quantitative estimate of drug-likeness (QED) is 0.136. The highest BCUT2D eigenvalue weighted by Gasteiger charge is 2.62. The first-order valence-corrected chi connectivity index (χ1v) is 17.5. The summed E-state index contributed by atoms with van der Waals surface area (Å²) in [6, 6.07) is 6.71. The molecule has 1 N–H and O–H groups in total. The van der Waals surface area contributed by atoms with Gasteiger partial charge in [-0.3, -0.25) is 59.6 Å². The van der Waals surface area contributed by atoms with E-state index >= 15 is 4.39 Å². The first-order valence-electron chi connectivity index (χ1n) is 17.5. The zero-order valence-corrected chi connectivity index (χ0v) is 30.8. The number of halogens is 1. The second kappa shape index (κ2) is 13.7. The molecule has 0 radical (unpaired) electrons. The summed E-state index contributed by atoms with van der Waals surface area (Å²) in [7, 11) is 5.34. The Morgan fingerprint density at radius 3 is 1.48 bits per heavy atom. The maximum absolute atomic E-state index is 15.0. The van der Waals surface area contributed by atoms with Crippen LogP contribution in [0.1, 0.15) is 24.3 Å². The lowest BCUT2D eigenvalue weighted by atomic mass is 9.57. The first kappa shape index (κ1) is 38.9. The van der Waals surface area contributed by atoms with Crippen LogP contribution < -0.4 is 19.6 Å². The van der Waals surface area contributed by atoms with E-state index in [0.717, 1.165) is 46.2 Å². The van der Waals surface area contributed by atoms with E-state index in [1.54, 1.807) is 6.08 Å². The summed E-state index contributed by atoms with van der Waals surface area (Å²) in [4.78, 5) is 106. The third-order valence-electron chi connectivity index (χ3n) is 11.3. The van der Waals surface area contributed by atoms with Crippen molar-refractivity contribution in [1.29, 1.82) is 0 Å². The van der Waals surface area contributed by atoms with Gasteiger partial charge in [-0.1, -0.05) is 17.7 Å². The molecule has 58 heavy (non-hydrogen) atoms. The summed E-state index contributed by atoms with van der Waals surface area (Å²) in [5.41, 5.74) is -4.37. The number of hydrogen-bond acceptors (Lipinski definition) is 15. The van der Waals surface area contributed by atoms with Crippen molar-refractivity contribution in [1.82, 2.24) is 0 Å². The highest BCUT2D eigenvalue weighted by Crippen LogP contribution is 2.59. The smallest absolute Gasteiger partial charge is 0.301 e. The molecule has 21 nitrogen and oxygen atoms in total. The molecule has 0 bridgehead atoms. The number of fused-ring (bicyclic) bond motifs is 4. The molecule has 300 valence electrons. The zero-order chi connectivity index (χ0) is 42.4. The fourth-order valence-electron chi connectivity index (χ4n) is 9.10. The predicted octanol–water partition coefficient (Wildman–Crippen LogP) is 4.34. The van der Waals surface area contributed by atoms with Crippen molar-refractivity contribution >= 4 is 69.1 Å². The van der Waals surface area contributed by atoms with Crippen molar-refractivity contribution < 1.29 is 48.4 Å². The van der Waals surface area contributed by atoms with Crippen molar-refractivity contribution in [3.63, 3.8) is 0 Å². The second-order valence-corrected chi connectivity index (χ2v) is 14.7. The van der Waals surface area contributed by atoms with E-state index in [2.05, 4.69) is 0 Å². The Morgan fingerprint density at radius 2 is 1.07 bits per heavy atom. The molecule has 4 amide bonds. The van der Waals surface area contributed by atoms with Gasteiger partial charge in [0.05, 0.1) is 54.7 Å².